The minimum absolute atomic E-state index is 0.0939. The first-order chi connectivity index (χ1) is 8.06. The van der Waals surface area contributed by atoms with Crippen molar-refractivity contribution in [2.45, 2.75) is 52.8 Å². The number of aryl methyl sites for hydroxylation is 1. The van der Waals surface area contributed by atoms with Crippen molar-refractivity contribution >= 4 is 5.91 Å². The molecule has 17 heavy (non-hydrogen) atoms. The average Bonchev–Trinajstić information content (AvgIpc) is 2.76. The molecule has 0 spiro atoms. The van der Waals surface area contributed by atoms with Crippen LogP contribution in [0.25, 0.3) is 0 Å². The van der Waals surface area contributed by atoms with E-state index < -0.39 is 6.10 Å². The van der Waals surface area contributed by atoms with E-state index in [9.17, 15) is 4.79 Å². The number of amides is 1. The molecule has 1 amide bonds. The summed E-state index contributed by atoms with van der Waals surface area (Å²) in [5.41, 5.74) is 0. The number of ether oxygens (including phenoxy) is 1. The van der Waals surface area contributed by atoms with Crippen LogP contribution in [0.1, 0.15) is 34.1 Å². The molecule has 0 aromatic carbocycles. The highest BCUT2D eigenvalue weighted by Gasteiger charge is 2.16. The van der Waals surface area contributed by atoms with Gasteiger partial charge >= 0.3 is 0 Å². The Morgan fingerprint density at radius 2 is 2.24 bits per heavy atom. The molecule has 0 aliphatic heterocycles. The zero-order valence-electron chi connectivity index (χ0n) is 10.9. The lowest BCUT2D eigenvalue weighted by Gasteiger charge is -2.16. The Bertz CT molecular complexity index is 362. The number of carbonyl (C=O) groups is 1. The Balaban J connectivity index is 2.47. The summed E-state index contributed by atoms with van der Waals surface area (Å²) in [6.45, 7) is 8.52. The number of carbonyl (C=O) groups excluding carboxylic acids is 1. The lowest BCUT2D eigenvalue weighted by molar-refractivity contribution is -0.127. The highest BCUT2D eigenvalue weighted by molar-refractivity contribution is 5.80. The van der Waals surface area contributed by atoms with Gasteiger partial charge in [-0.15, -0.1) is 0 Å². The zero-order chi connectivity index (χ0) is 12.8. The van der Waals surface area contributed by atoms with E-state index in [0.29, 0.717) is 5.75 Å². The Morgan fingerprint density at radius 3 is 2.76 bits per heavy atom. The fourth-order valence-electron chi connectivity index (χ4n) is 1.30. The Morgan fingerprint density at radius 1 is 1.53 bits per heavy atom. The summed E-state index contributed by atoms with van der Waals surface area (Å²) in [4.78, 5) is 11.7. The maximum atomic E-state index is 11.7. The summed E-state index contributed by atoms with van der Waals surface area (Å²) >= 11 is 0. The standard InChI is InChI=1S/C12H21N3O2/c1-5-9(3)14-12(16)10(4)17-11-7-13-15(6-2)8-11/h7-10H,5-6H2,1-4H3,(H,14,16). The van der Waals surface area contributed by atoms with Crippen LogP contribution in [0.2, 0.25) is 0 Å². The molecule has 96 valence electrons. The molecule has 0 saturated heterocycles. The van der Waals surface area contributed by atoms with Crippen LogP contribution < -0.4 is 10.1 Å². The van der Waals surface area contributed by atoms with Crippen molar-refractivity contribution < 1.29 is 9.53 Å². The molecule has 0 bridgehead atoms. The largest absolute Gasteiger partial charge is 0.478 e. The Hall–Kier alpha value is -1.52. The summed E-state index contributed by atoms with van der Waals surface area (Å²) in [6.07, 6.45) is 3.81. The molecule has 0 aliphatic carbocycles. The van der Waals surface area contributed by atoms with Gasteiger partial charge in [0.1, 0.15) is 0 Å². The predicted octanol–water partition coefficient (Wildman–Crippen LogP) is 1.58. The van der Waals surface area contributed by atoms with Crippen molar-refractivity contribution in [1.29, 1.82) is 0 Å². The first kappa shape index (κ1) is 13.5. The van der Waals surface area contributed by atoms with Gasteiger partial charge in [-0.05, 0) is 27.2 Å². The van der Waals surface area contributed by atoms with Crippen molar-refractivity contribution in [3.8, 4) is 5.75 Å². The molecule has 1 N–H and O–H groups in total. The molecule has 1 rings (SSSR count). The number of aromatic nitrogens is 2. The van der Waals surface area contributed by atoms with Crippen LogP contribution in [0.5, 0.6) is 5.75 Å². The summed E-state index contributed by atoms with van der Waals surface area (Å²) in [6, 6.07) is 0.173. The first-order valence-electron chi connectivity index (χ1n) is 6.06. The maximum absolute atomic E-state index is 11.7. The fourth-order valence-corrected chi connectivity index (χ4v) is 1.30. The van der Waals surface area contributed by atoms with E-state index in [2.05, 4.69) is 10.4 Å². The van der Waals surface area contributed by atoms with Gasteiger partial charge in [-0.3, -0.25) is 9.48 Å². The molecule has 5 nitrogen and oxygen atoms in total. The van der Waals surface area contributed by atoms with E-state index in [4.69, 9.17) is 4.74 Å². The minimum atomic E-state index is -0.501. The molecule has 1 aromatic rings. The third-order valence-corrected chi connectivity index (χ3v) is 2.62. The van der Waals surface area contributed by atoms with Gasteiger partial charge in [0.15, 0.2) is 11.9 Å². The zero-order valence-corrected chi connectivity index (χ0v) is 10.9. The quantitative estimate of drug-likeness (QED) is 0.820. The predicted molar refractivity (Wildman–Crippen MR) is 65.9 cm³/mol. The van der Waals surface area contributed by atoms with Gasteiger partial charge in [0, 0.05) is 12.6 Å². The van der Waals surface area contributed by atoms with Crippen LogP contribution in [0.15, 0.2) is 12.4 Å². The van der Waals surface area contributed by atoms with E-state index in [1.54, 1.807) is 24.0 Å². The van der Waals surface area contributed by atoms with E-state index >= 15 is 0 Å². The van der Waals surface area contributed by atoms with Crippen LogP contribution in [0, 0.1) is 0 Å². The third-order valence-electron chi connectivity index (χ3n) is 2.62. The highest BCUT2D eigenvalue weighted by atomic mass is 16.5. The average molecular weight is 239 g/mol. The normalized spacial score (nSPS) is 14.1. The lowest BCUT2D eigenvalue weighted by atomic mass is 10.2. The minimum Gasteiger partial charge on any atom is -0.478 e. The molecule has 2 atom stereocenters. The van der Waals surface area contributed by atoms with E-state index in [1.165, 1.54) is 0 Å². The molecule has 2 unspecified atom stereocenters. The van der Waals surface area contributed by atoms with Gasteiger partial charge in [0.25, 0.3) is 5.91 Å². The summed E-state index contributed by atoms with van der Waals surface area (Å²) in [5, 5.41) is 6.96. The fraction of sp³-hybridized carbons (Fsp3) is 0.667. The molecule has 0 fully saturated rings. The lowest BCUT2D eigenvalue weighted by Crippen LogP contribution is -2.40. The number of hydrogen-bond donors (Lipinski definition) is 1. The molecule has 1 heterocycles. The van der Waals surface area contributed by atoms with Gasteiger partial charge in [0.05, 0.1) is 12.4 Å². The Labute approximate surface area is 102 Å². The number of hydrogen-bond acceptors (Lipinski definition) is 3. The topological polar surface area (TPSA) is 56.1 Å². The van der Waals surface area contributed by atoms with E-state index in [-0.39, 0.29) is 11.9 Å². The highest BCUT2D eigenvalue weighted by Crippen LogP contribution is 2.10. The smallest absolute Gasteiger partial charge is 0.260 e. The van der Waals surface area contributed by atoms with Crippen molar-refractivity contribution in [3.05, 3.63) is 12.4 Å². The van der Waals surface area contributed by atoms with Crippen LogP contribution in [0.3, 0.4) is 0 Å². The third kappa shape index (κ3) is 4.09. The summed E-state index contributed by atoms with van der Waals surface area (Å²) in [5.74, 6) is 0.530. The molecule has 0 radical (unpaired) electrons. The van der Waals surface area contributed by atoms with E-state index in [0.717, 1.165) is 13.0 Å². The van der Waals surface area contributed by atoms with Crippen molar-refractivity contribution in [2.75, 3.05) is 0 Å². The van der Waals surface area contributed by atoms with Crippen LogP contribution in [-0.2, 0) is 11.3 Å². The number of nitrogens with zero attached hydrogens (tertiary/aromatic N) is 2. The van der Waals surface area contributed by atoms with Crippen molar-refractivity contribution in [3.63, 3.8) is 0 Å². The first-order valence-corrected chi connectivity index (χ1v) is 6.06. The SMILES string of the molecule is CCC(C)NC(=O)C(C)Oc1cnn(CC)c1. The molecule has 5 heteroatoms. The maximum Gasteiger partial charge on any atom is 0.260 e. The van der Waals surface area contributed by atoms with Crippen molar-refractivity contribution in [1.82, 2.24) is 15.1 Å². The summed E-state index contributed by atoms with van der Waals surface area (Å²) in [7, 11) is 0. The van der Waals surface area contributed by atoms with Gasteiger partial charge < -0.3 is 10.1 Å². The van der Waals surface area contributed by atoms with Crippen molar-refractivity contribution in [2.24, 2.45) is 0 Å². The van der Waals surface area contributed by atoms with Crippen LogP contribution in [-0.4, -0.2) is 27.8 Å². The van der Waals surface area contributed by atoms with Gasteiger partial charge in [0.2, 0.25) is 0 Å². The van der Waals surface area contributed by atoms with Crippen LogP contribution in [0.4, 0.5) is 0 Å². The molecule has 1 aromatic heterocycles. The molecular formula is C12H21N3O2. The second-order valence-corrected chi connectivity index (χ2v) is 4.11. The summed E-state index contributed by atoms with van der Waals surface area (Å²) < 4.78 is 7.27. The number of nitrogens with one attached hydrogen (secondary N) is 1. The second kappa shape index (κ2) is 6.27. The Kier molecular flexibility index (Phi) is 5.00. The molecular weight excluding hydrogens is 218 g/mol. The van der Waals surface area contributed by atoms with E-state index in [1.807, 2.05) is 20.8 Å². The monoisotopic (exact) mass is 239 g/mol. The molecule has 0 saturated carbocycles. The second-order valence-electron chi connectivity index (χ2n) is 4.11. The number of rotatable bonds is 6. The van der Waals surface area contributed by atoms with Gasteiger partial charge in [-0.1, -0.05) is 6.92 Å². The molecule has 0 aliphatic rings. The van der Waals surface area contributed by atoms with Gasteiger partial charge in [-0.2, -0.15) is 5.10 Å². The van der Waals surface area contributed by atoms with Gasteiger partial charge in [-0.25, -0.2) is 0 Å². The van der Waals surface area contributed by atoms with Crippen LogP contribution >= 0.6 is 0 Å².